The van der Waals surface area contributed by atoms with E-state index in [0.29, 0.717) is 5.92 Å². The Kier molecular flexibility index (Phi) is 9.16. The fourth-order valence-electron chi connectivity index (χ4n) is 3.70. The first-order chi connectivity index (χ1) is 11.8. The molecule has 1 heteroatoms. The molecule has 0 spiro atoms. The molecular formula is C23H35F. The average molecular weight is 331 g/mol. The number of halogens is 1. The molecule has 134 valence electrons. The molecule has 1 aliphatic rings. The van der Waals surface area contributed by atoms with E-state index < -0.39 is 6.17 Å². The van der Waals surface area contributed by atoms with E-state index in [1.54, 1.807) is 0 Å². The number of hydrogen-bond donors (Lipinski definition) is 0. The lowest BCUT2D eigenvalue weighted by molar-refractivity contribution is 0.235. The predicted molar refractivity (Wildman–Crippen MR) is 104 cm³/mol. The van der Waals surface area contributed by atoms with Crippen molar-refractivity contribution in [2.45, 2.75) is 96.1 Å². The minimum Gasteiger partial charge on any atom is -0.247 e. The summed E-state index contributed by atoms with van der Waals surface area (Å²) in [7, 11) is 0. The van der Waals surface area contributed by atoms with E-state index in [4.69, 9.17) is 0 Å². The van der Waals surface area contributed by atoms with Crippen molar-refractivity contribution in [2.24, 2.45) is 0 Å². The highest BCUT2D eigenvalue weighted by atomic mass is 19.1. The Balaban J connectivity index is 1.62. The SMILES string of the molecule is CCCCCCCCC/C=C/c1ccc(C2CCC(F)CC2)cc1. The van der Waals surface area contributed by atoms with Crippen LogP contribution in [0, 0.1) is 0 Å². The molecule has 0 atom stereocenters. The molecule has 2 rings (SSSR count). The quantitative estimate of drug-likeness (QED) is 0.383. The maximum Gasteiger partial charge on any atom is 0.100 e. The van der Waals surface area contributed by atoms with Gasteiger partial charge in [0.05, 0.1) is 0 Å². The highest BCUT2D eigenvalue weighted by molar-refractivity contribution is 5.49. The highest BCUT2D eigenvalue weighted by Crippen LogP contribution is 2.34. The van der Waals surface area contributed by atoms with Crippen LogP contribution in [0.25, 0.3) is 6.08 Å². The van der Waals surface area contributed by atoms with Crippen molar-refractivity contribution in [3.63, 3.8) is 0 Å². The van der Waals surface area contributed by atoms with E-state index in [0.717, 1.165) is 25.7 Å². The van der Waals surface area contributed by atoms with Gasteiger partial charge in [0.25, 0.3) is 0 Å². The second-order valence-electron chi connectivity index (χ2n) is 7.43. The molecule has 1 aliphatic carbocycles. The van der Waals surface area contributed by atoms with Gasteiger partial charge < -0.3 is 0 Å². The van der Waals surface area contributed by atoms with E-state index >= 15 is 0 Å². The van der Waals surface area contributed by atoms with Crippen molar-refractivity contribution < 1.29 is 4.39 Å². The van der Waals surface area contributed by atoms with Crippen LogP contribution in [0.5, 0.6) is 0 Å². The Bertz CT molecular complexity index is 451. The first kappa shape index (κ1) is 19.2. The fraction of sp³-hybridized carbons (Fsp3) is 0.652. The van der Waals surface area contributed by atoms with Crippen molar-refractivity contribution in [3.05, 3.63) is 41.5 Å². The first-order valence-electron chi connectivity index (χ1n) is 10.2. The minimum absolute atomic E-state index is 0.560. The molecule has 0 heterocycles. The molecule has 0 aliphatic heterocycles. The normalized spacial score (nSPS) is 21.4. The first-order valence-corrected chi connectivity index (χ1v) is 10.2. The minimum atomic E-state index is -0.560. The molecule has 1 fully saturated rings. The van der Waals surface area contributed by atoms with Gasteiger partial charge >= 0.3 is 0 Å². The smallest absolute Gasteiger partial charge is 0.100 e. The van der Waals surface area contributed by atoms with Gasteiger partial charge in [0, 0.05) is 0 Å². The van der Waals surface area contributed by atoms with E-state index in [2.05, 4.69) is 43.3 Å². The molecule has 0 saturated heterocycles. The molecular weight excluding hydrogens is 295 g/mol. The van der Waals surface area contributed by atoms with E-state index in [1.165, 1.54) is 62.5 Å². The molecule has 1 aromatic rings. The van der Waals surface area contributed by atoms with Gasteiger partial charge in [0.1, 0.15) is 6.17 Å². The summed E-state index contributed by atoms with van der Waals surface area (Å²) in [4.78, 5) is 0. The summed E-state index contributed by atoms with van der Waals surface area (Å²) in [6.07, 6.45) is 18.3. The van der Waals surface area contributed by atoms with Gasteiger partial charge in [-0.25, -0.2) is 4.39 Å². The molecule has 0 radical (unpaired) electrons. The molecule has 0 unspecified atom stereocenters. The number of alkyl halides is 1. The molecule has 0 nitrogen and oxygen atoms in total. The molecule has 0 N–H and O–H groups in total. The Morgan fingerprint density at radius 3 is 2.17 bits per heavy atom. The van der Waals surface area contributed by atoms with Crippen molar-refractivity contribution in [1.29, 1.82) is 0 Å². The molecule has 0 bridgehead atoms. The summed E-state index contributed by atoms with van der Waals surface area (Å²) in [5, 5.41) is 0. The van der Waals surface area contributed by atoms with Crippen LogP contribution < -0.4 is 0 Å². The van der Waals surface area contributed by atoms with E-state index in [1.807, 2.05) is 0 Å². The summed E-state index contributed by atoms with van der Waals surface area (Å²) in [5.41, 5.74) is 2.69. The Morgan fingerprint density at radius 1 is 0.875 bits per heavy atom. The molecule has 0 amide bonds. The van der Waals surface area contributed by atoms with Gasteiger partial charge in [-0.15, -0.1) is 0 Å². The topological polar surface area (TPSA) is 0 Å². The Hall–Kier alpha value is -1.11. The lowest BCUT2D eigenvalue weighted by atomic mass is 9.83. The highest BCUT2D eigenvalue weighted by Gasteiger charge is 2.21. The maximum absolute atomic E-state index is 13.2. The van der Waals surface area contributed by atoms with Gasteiger partial charge in [-0.05, 0) is 55.6 Å². The second-order valence-corrected chi connectivity index (χ2v) is 7.43. The average Bonchev–Trinajstić information content (AvgIpc) is 2.62. The van der Waals surface area contributed by atoms with Crippen LogP contribution in [-0.4, -0.2) is 6.17 Å². The summed E-state index contributed by atoms with van der Waals surface area (Å²) in [6.45, 7) is 2.27. The number of unbranched alkanes of at least 4 members (excludes halogenated alkanes) is 7. The molecule has 1 aromatic carbocycles. The predicted octanol–water partition coefficient (Wildman–Crippen LogP) is 7.84. The summed E-state index contributed by atoms with van der Waals surface area (Å²) in [5.74, 6) is 0.572. The van der Waals surface area contributed by atoms with Gasteiger partial charge in [0.15, 0.2) is 0 Å². The number of rotatable bonds is 10. The monoisotopic (exact) mass is 330 g/mol. The van der Waals surface area contributed by atoms with Crippen molar-refractivity contribution in [1.82, 2.24) is 0 Å². The lowest BCUT2D eigenvalue weighted by Gasteiger charge is -2.24. The van der Waals surface area contributed by atoms with Crippen LogP contribution in [0.4, 0.5) is 4.39 Å². The van der Waals surface area contributed by atoms with E-state index in [9.17, 15) is 4.39 Å². The lowest BCUT2D eigenvalue weighted by Crippen LogP contribution is -2.13. The molecule has 24 heavy (non-hydrogen) atoms. The third-order valence-electron chi connectivity index (χ3n) is 5.35. The number of hydrogen-bond acceptors (Lipinski definition) is 0. The van der Waals surface area contributed by atoms with E-state index in [-0.39, 0.29) is 0 Å². The van der Waals surface area contributed by atoms with Crippen LogP contribution in [0.2, 0.25) is 0 Å². The van der Waals surface area contributed by atoms with Gasteiger partial charge in [-0.3, -0.25) is 0 Å². The standard InChI is InChI=1S/C23H35F/c1-2-3-4-5-6-7-8-9-10-11-20-12-14-21(15-13-20)22-16-18-23(24)19-17-22/h10-15,22-23H,2-9,16-19H2,1H3/b11-10+. The molecule has 1 saturated carbocycles. The number of allylic oxidation sites excluding steroid dienone is 1. The Labute approximate surface area is 148 Å². The van der Waals surface area contributed by atoms with Crippen LogP contribution in [0.1, 0.15) is 101 Å². The Morgan fingerprint density at radius 2 is 1.50 bits per heavy atom. The van der Waals surface area contributed by atoms with Crippen LogP contribution >= 0.6 is 0 Å². The third-order valence-corrected chi connectivity index (χ3v) is 5.35. The maximum atomic E-state index is 13.2. The zero-order valence-corrected chi connectivity index (χ0v) is 15.5. The van der Waals surface area contributed by atoms with Crippen LogP contribution in [0.15, 0.2) is 30.3 Å². The summed E-state index contributed by atoms with van der Waals surface area (Å²) < 4.78 is 13.2. The zero-order valence-electron chi connectivity index (χ0n) is 15.5. The van der Waals surface area contributed by atoms with Gasteiger partial charge in [-0.1, -0.05) is 81.9 Å². The van der Waals surface area contributed by atoms with Gasteiger partial charge in [0.2, 0.25) is 0 Å². The van der Waals surface area contributed by atoms with Crippen molar-refractivity contribution in [2.75, 3.05) is 0 Å². The van der Waals surface area contributed by atoms with Crippen LogP contribution in [-0.2, 0) is 0 Å². The third kappa shape index (κ3) is 7.20. The van der Waals surface area contributed by atoms with Gasteiger partial charge in [-0.2, -0.15) is 0 Å². The largest absolute Gasteiger partial charge is 0.247 e. The zero-order chi connectivity index (χ0) is 17.0. The van der Waals surface area contributed by atoms with Crippen molar-refractivity contribution >= 4 is 6.08 Å². The summed E-state index contributed by atoms with van der Waals surface area (Å²) >= 11 is 0. The van der Waals surface area contributed by atoms with Crippen molar-refractivity contribution in [3.8, 4) is 0 Å². The fourth-order valence-corrected chi connectivity index (χ4v) is 3.70. The number of benzene rings is 1. The van der Waals surface area contributed by atoms with Crippen LogP contribution in [0.3, 0.4) is 0 Å². The second kappa shape index (κ2) is 11.4. The molecule has 0 aromatic heterocycles. The summed E-state index contributed by atoms with van der Waals surface area (Å²) in [6, 6.07) is 8.93.